The molecule has 1 aromatic rings. The van der Waals surface area contributed by atoms with Crippen LogP contribution in [0.15, 0.2) is 24.3 Å². The third kappa shape index (κ3) is 2.99. The normalized spacial score (nSPS) is 24.9. The molecule has 5 nitrogen and oxygen atoms in total. The SMILES string of the molecule is O=C(N[C@@H]1CCSC1=O)[C@@H]1CC(=O)N(c2ccc(F)cc2)C1. The van der Waals surface area contributed by atoms with Gasteiger partial charge in [0.25, 0.3) is 0 Å². The number of halogens is 1. The van der Waals surface area contributed by atoms with Crippen LogP contribution in [0.25, 0.3) is 0 Å². The van der Waals surface area contributed by atoms with Crippen molar-refractivity contribution in [1.29, 1.82) is 0 Å². The molecule has 0 aliphatic carbocycles. The number of benzene rings is 1. The molecule has 22 heavy (non-hydrogen) atoms. The molecular weight excluding hydrogens is 307 g/mol. The highest BCUT2D eigenvalue weighted by atomic mass is 32.2. The highest BCUT2D eigenvalue weighted by Crippen LogP contribution is 2.26. The van der Waals surface area contributed by atoms with Gasteiger partial charge in [0, 0.05) is 24.4 Å². The summed E-state index contributed by atoms with van der Waals surface area (Å²) >= 11 is 1.22. The highest BCUT2D eigenvalue weighted by Gasteiger charge is 2.37. The number of nitrogens with one attached hydrogen (secondary N) is 1. The van der Waals surface area contributed by atoms with Crippen LogP contribution >= 0.6 is 11.8 Å². The van der Waals surface area contributed by atoms with Gasteiger partial charge < -0.3 is 10.2 Å². The van der Waals surface area contributed by atoms with Gasteiger partial charge in [-0.15, -0.1) is 0 Å². The first-order chi connectivity index (χ1) is 10.5. The van der Waals surface area contributed by atoms with Crippen LogP contribution in [0.2, 0.25) is 0 Å². The average molecular weight is 322 g/mol. The van der Waals surface area contributed by atoms with Crippen molar-refractivity contribution in [1.82, 2.24) is 5.32 Å². The molecule has 1 N–H and O–H groups in total. The Balaban J connectivity index is 1.65. The van der Waals surface area contributed by atoms with E-state index in [4.69, 9.17) is 0 Å². The predicted octanol–water partition coefficient (Wildman–Crippen LogP) is 1.33. The van der Waals surface area contributed by atoms with E-state index in [1.165, 1.54) is 40.9 Å². The minimum atomic E-state index is -0.476. The Kier molecular flexibility index (Phi) is 4.15. The minimum Gasteiger partial charge on any atom is -0.345 e. The fraction of sp³-hybridized carbons (Fsp3) is 0.400. The molecule has 116 valence electrons. The molecule has 7 heteroatoms. The lowest BCUT2D eigenvalue weighted by Crippen LogP contribution is -2.41. The van der Waals surface area contributed by atoms with Crippen molar-refractivity contribution < 1.29 is 18.8 Å². The second-order valence-electron chi connectivity index (χ2n) is 5.40. The zero-order valence-corrected chi connectivity index (χ0v) is 12.6. The monoisotopic (exact) mass is 322 g/mol. The Morgan fingerprint density at radius 3 is 2.64 bits per heavy atom. The van der Waals surface area contributed by atoms with Crippen LogP contribution in [-0.4, -0.2) is 35.3 Å². The zero-order valence-electron chi connectivity index (χ0n) is 11.8. The Labute approximate surface area is 131 Å². The van der Waals surface area contributed by atoms with Crippen molar-refractivity contribution in [3.05, 3.63) is 30.1 Å². The summed E-state index contributed by atoms with van der Waals surface area (Å²) in [5.74, 6) is -0.565. The average Bonchev–Trinajstić information content (AvgIpc) is 3.07. The van der Waals surface area contributed by atoms with E-state index in [0.29, 0.717) is 12.1 Å². The maximum atomic E-state index is 12.9. The van der Waals surface area contributed by atoms with E-state index in [-0.39, 0.29) is 35.7 Å². The maximum Gasteiger partial charge on any atom is 0.227 e. The quantitative estimate of drug-likeness (QED) is 0.912. The molecule has 0 saturated carbocycles. The molecule has 2 amide bonds. The van der Waals surface area contributed by atoms with Crippen molar-refractivity contribution in [2.45, 2.75) is 18.9 Å². The first-order valence-corrected chi connectivity index (χ1v) is 8.06. The van der Waals surface area contributed by atoms with E-state index < -0.39 is 12.0 Å². The topological polar surface area (TPSA) is 66.5 Å². The number of carbonyl (C=O) groups is 3. The molecule has 2 saturated heterocycles. The standard InChI is InChI=1S/C15H15FN2O3S/c16-10-1-3-11(4-2-10)18-8-9(7-13(18)19)14(20)17-12-5-6-22-15(12)21/h1-4,9,12H,5-8H2,(H,17,20)/t9-,12-/m1/s1. The second-order valence-corrected chi connectivity index (χ2v) is 6.50. The summed E-state index contributed by atoms with van der Waals surface area (Å²) in [7, 11) is 0. The van der Waals surface area contributed by atoms with E-state index in [1.54, 1.807) is 0 Å². The Morgan fingerprint density at radius 2 is 2.00 bits per heavy atom. The smallest absolute Gasteiger partial charge is 0.227 e. The molecule has 2 atom stereocenters. The second kappa shape index (κ2) is 6.08. The lowest BCUT2D eigenvalue weighted by Gasteiger charge is -2.17. The van der Waals surface area contributed by atoms with Crippen LogP contribution in [0, 0.1) is 11.7 Å². The number of hydrogen-bond donors (Lipinski definition) is 1. The Bertz CT molecular complexity index is 620. The largest absolute Gasteiger partial charge is 0.345 e. The molecule has 1 aromatic carbocycles. The van der Waals surface area contributed by atoms with Crippen molar-refractivity contribution in [2.75, 3.05) is 17.2 Å². The fourth-order valence-corrected chi connectivity index (χ4v) is 3.60. The summed E-state index contributed by atoms with van der Waals surface area (Å²) in [4.78, 5) is 37.3. The van der Waals surface area contributed by atoms with E-state index in [9.17, 15) is 18.8 Å². The summed E-state index contributed by atoms with van der Waals surface area (Å²) in [6.45, 7) is 0.254. The van der Waals surface area contributed by atoms with Gasteiger partial charge in [-0.1, -0.05) is 11.8 Å². The van der Waals surface area contributed by atoms with Crippen LogP contribution in [0.1, 0.15) is 12.8 Å². The third-order valence-electron chi connectivity index (χ3n) is 3.89. The van der Waals surface area contributed by atoms with Gasteiger partial charge in [0.05, 0.1) is 12.0 Å². The predicted molar refractivity (Wildman–Crippen MR) is 80.9 cm³/mol. The van der Waals surface area contributed by atoms with Crippen molar-refractivity contribution in [3.8, 4) is 0 Å². The fourth-order valence-electron chi connectivity index (χ4n) is 2.67. The summed E-state index contributed by atoms with van der Waals surface area (Å²) in [5, 5.41) is 2.70. The number of amides is 2. The third-order valence-corrected chi connectivity index (χ3v) is 4.89. The lowest BCUT2D eigenvalue weighted by molar-refractivity contribution is -0.128. The molecule has 0 unspecified atom stereocenters. The van der Waals surface area contributed by atoms with Crippen molar-refractivity contribution in [2.24, 2.45) is 5.92 Å². The number of rotatable bonds is 3. The Hall–Kier alpha value is -1.89. The van der Waals surface area contributed by atoms with Crippen LogP contribution in [0.4, 0.5) is 10.1 Å². The van der Waals surface area contributed by atoms with Crippen LogP contribution in [0.3, 0.4) is 0 Å². The maximum absolute atomic E-state index is 12.9. The number of nitrogens with zero attached hydrogens (tertiary/aromatic N) is 1. The van der Waals surface area contributed by atoms with Crippen LogP contribution < -0.4 is 10.2 Å². The van der Waals surface area contributed by atoms with Gasteiger partial charge in [-0.2, -0.15) is 0 Å². The van der Waals surface area contributed by atoms with Gasteiger partial charge in [-0.25, -0.2) is 4.39 Å². The lowest BCUT2D eigenvalue weighted by atomic mass is 10.1. The molecule has 0 spiro atoms. The molecule has 2 aliphatic heterocycles. The number of carbonyl (C=O) groups excluding carboxylic acids is 3. The van der Waals surface area contributed by atoms with Gasteiger partial charge in [-0.3, -0.25) is 14.4 Å². The van der Waals surface area contributed by atoms with Crippen molar-refractivity contribution in [3.63, 3.8) is 0 Å². The van der Waals surface area contributed by atoms with Gasteiger partial charge in [0.2, 0.25) is 16.9 Å². The zero-order chi connectivity index (χ0) is 15.7. The van der Waals surface area contributed by atoms with Crippen LogP contribution in [-0.2, 0) is 14.4 Å². The number of anilines is 1. The van der Waals surface area contributed by atoms with E-state index in [1.807, 2.05) is 0 Å². The highest BCUT2D eigenvalue weighted by molar-refractivity contribution is 8.14. The first-order valence-electron chi connectivity index (χ1n) is 7.07. The molecular formula is C15H15FN2O3S. The molecule has 2 aliphatic rings. The van der Waals surface area contributed by atoms with Gasteiger partial charge in [-0.05, 0) is 30.7 Å². The first kappa shape index (κ1) is 15.0. The van der Waals surface area contributed by atoms with Crippen molar-refractivity contribution >= 4 is 34.4 Å². The summed E-state index contributed by atoms with van der Waals surface area (Å²) in [6, 6.07) is 5.16. The molecule has 3 rings (SSSR count). The molecule has 2 heterocycles. The number of thioether (sulfide) groups is 1. The summed E-state index contributed by atoms with van der Waals surface area (Å²) in [5.41, 5.74) is 0.578. The summed E-state index contributed by atoms with van der Waals surface area (Å²) < 4.78 is 12.9. The molecule has 0 bridgehead atoms. The van der Waals surface area contributed by atoms with E-state index in [0.717, 1.165) is 5.75 Å². The molecule has 0 radical (unpaired) electrons. The Morgan fingerprint density at radius 1 is 1.27 bits per heavy atom. The summed E-state index contributed by atoms with van der Waals surface area (Å²) in [6.07, 6.45) is 0.745. The molecule has 2 fully saturated rings. The van der Waals surface area contributed by atoms with E-state index in [2.05, 4.69) is 5.32 Å². The molecule has 0 aromatic heterocycles. The van der Waals surface area contributed by atoms with Gasteiger partial charge >= 0.3 is 0 Å². The van der Waals surface area contributed by atoms with Crippen LogP contribution in [0.5, 0.6) is 0 Å². The minimum absolute atomic E-state index is 0.0203. The van der Waals surface area contributed by atoms with E-state index >= 15 is 0 Å². The van der Waals surface area contributed by atoms with Gasteiger partial charge in [0.15, 0.2) is 0 Å². The number of hydrogen-bond acceptors (Lipinski definition) is 4. The van der Waals surface area contributed by atoms with Gasteiger partial charge in [0.1, 0.15) is 5.82 Å².